The Labute approximate surface area is 86.6 Å². The summed E-state index contributed by atoms with van der Waals surface area (Å²) in [5.74, 6) is 0.879. The first-order valence-electron chi connectivity index (χ1n) is 4.56. The number of thiophene rings is 1. The van der Waals surface area contributed by atoms with E-state index in [0.717, 1.165) is 11.3 Å². The van der Waals surface area contributed by atoms with Gasteiger partial charge in [0.15, 0.2) is 5.78 Å². The lowest BCUT2D eigenvalue weighted by atomic mass is 10.0. The van der Waals surface area contributed by atoms with Crippen molar-refractivity contribution in [1.29, 1.82) is 0 Å². The van der Waals surface area contributed by atoms with Crippen LogP contribution in [-0.4, -0.2) is 26.1 Å². The van der Waals surface area contributed by atoms with Crippen LogP contribution in [0.25, 0.3) is 0 Å². The molecular formula is C10H12O3S. The van der Waals surface area contributed by atoms with Gasteiger partial charge in [-0.05, 0) is 17.9 Å². The van der Waals surface area contributed by atoms with Crippen molar-refractivity contribution < 1.29 is 14.3 Å². The van der Waals surface area contributed by atoms with Gasteiger partial charge in [0.25, 0.3) is 0 Å². The monoisotopic (exact) mass is 212 g/mol. The number of carbonyl (C=O) groups excluding carboxylic acids is 1. The molecular weight excluding hydrogens is 200 g/mol. The van der Waals surface area contributed by atoms with E-state index in [4.69, 9.17) is 9.47 Å². The van der Waals surface area contributed by atoms with Crippen molar-refractivity contribution in [2.24, 2.45) is 5.92 Å². The summed E-state index contributed by atoms with van der Waals surface area (Å²) >= 11 is 1.44. The van der Waals surface area contributed by atoms with Gasteiger partial charge >= 0.3 is 0 Å². The van der Waals surface area contributed by atoms with Crippen LogP contribution in [0.15, 0.2) is 11.4 Å². The van der Waals surface area contributed by atoms with Crippen molar-refractivity contribution in [2.45, 2.75) is 6.42 Å². The largest absolute Gasteiger partial charge is 0.495 e. The Morgan fingerprint density at radius 1 is 1.71 bits per heavy atom. The first kappa shape index (κ1) is 9.68. The van der Waals surface area contributed by atoms with Gasteiger partial charge < -0.3 is 9.47 Å². The first-order valence-corrected chi connectivity index (χ1v) is 5.44. The molecule has 0 bridgehead atoms. The Morgan fingerprint density at radius 3 is 3.21 bits per heavy atom. The molecule has 1 aliphatic rings. The molecule has 0 saturated carbocycles. The molecule has 3 nitrogen and oxygen atoms in total. The Balaban J connectivity index is 2.17. The number of hydrogen-bond donors (Lipinski definition) is 0. The van der Waals surface area contributed by atoms with E-state index in [1.165, 1.54) is 11.3 Å². The highest BCUT2D eigenvalue weighted by molar-refractivity contribution is 7.12. The predicted octanol–water partition coefficient (Wildman–Crippen LogP) is 1.98. The van der Waals surface area contributed by atoms with Gasteiger partial charge in [-0.25, -0.2) is 0 Å². The van der Waals surface area contributed by atoms with Gasteiger partial charge in [0, 0.05) is 12.5 Å². The minimum Gasteiger partial charge on any atom is -0.495 e. The summed E-state index contributed by atoms with van der Waals surface area (Å²) in [6.45, 7) is 1.25. The van der Waals surface area contributed by atoms with Gasteiger partial charge in [-0.15, -0.1) is 11.3 Å². The molecule has 14 heavy (non-hydrogen) atoms. The Kier molecular flexibility index (Phi) is 2.84. The lowest BCUT2D eigenvalue weighted by molar-refractivity contribution is 0.0902. The number of Topliss-reactive ketones (excluding diaryl/α,β-unsaturated/α-hetero) is 1. The first-order chi connectivity index (χ1) is 6.83. The smallest absolute Gasteiger partial charge is 0.182 e. The van der Waals surface area contributed by atoms with E-state index in [0.29, 0.717) is 19.0 Å². The molecule has 76 valence electrons. The van der Waals surface area contributed by atoms with Crippen LogP contribution in [0, 0.1) is 5.92 Å². The quantitative estimate of drug-likeness (QED) is 0.719. The summed E-state index contributed by atoms with van der Waals surface area (Å²) in [6, 6.07) is 1.83. The van der Waals surface area contributed by atoms with Crippen LogP contribution in [0.1, 0.15) is 16.1 Å². The van der Waals surface area contributed by atoms with Gasteiger partial charge in [-0.2, -0.15) is 0 Å². The fraction of sp³-hybridized carbons (Fsp3) is 0.500. The van der Waals surface area contributed by atoms with Crippen molar-refractivity contribution in [3.63, 3.8) is 0 Å². The molecule has 4 heteroatoms. The van der Waals surface area contributed by atoms with Crippen molar-refractivity contribution in [2.75, 3.05) is 20.3 Å². The molecule has 0 amide bonds. The topological polar surface area (TPSA) is 35.5 Å². The van der Waals surface area contributed by atoms with E-state index in [1.54, 1.807) is 7.11 Å². The third-order valence-electron chi connectivity index (χ3n) is 2.37. The molecule has 0 N–H and O–H groups in total. The molecule has 1 atom stereocenters. The summed E-state index contributed by atoms with van der Waals surface area (Å²) in [5.41, 5.74) is 0. The van der Waals surface area contributed by atoms with Gasteiger partial charge in [0.05, 0.1) is 13.7 Å². The molecule has 0 spiro atoms. The number of rotatable bonds is 3. The lowest BCUT2D eigenvalue weighted by Crippen LogP contribution is -2.13. The summed E-state index contributed by atoms with van der Waals surface area (Å²) in [7, 11) is 1.59. The SMILES string of the molecule is COc1ccsc1C(=O)C1CCOC1. The maximum Gasteiger partial charge on any atom is 0.182 e. The van der Waals surface area contributed by atoms with E-state index >= 15 is 0 Å². The van der Waals surface area contributed by atoms with Gasteiger partial charge in [-0.3, -0.25) is 4.79 Å². The molecule has 1 fully saturated rings. The second-order valence-corrected chi connectivity index (χ2v) is 4.16. The molecule has 0 aromatic carbocycles. The third-order valence-corrected chi connectivity index (χ3v) is 3.28. The summed E-state index contributed by atoms with van der Waals surface area (Å²) in [6.07, 6.45) is 0.833. The zero-order chi connectivity index (χ0) is 9.97. The van der Waals surface area contributed by atoms with Crippen molar-refractivity contribution in [1.82, 2.24) is 0 Å². The van der Waals surface area contributed by atoms with E-state index < -0.39 is 0 Å². The predicted molar refractivity (Wildman–Crippen MR) is 54.1 cm³/mol. The number of hydrogen-bond acceptors (Lipinski definition) is 4. The number of carbonyl (C=O) groups is 1. The van der Waals surface area contributed by atoms with Gasteiger partial charge in [0.1, 0.15) is 10.6 Å². The maximum atomic E-state index is 11.9. The van der Waals surface area contributed by atoms with E-state index in [-0.39, 0.29) is 11.7 Å². The second-order valence-electron chi connectivity index (χ2n) is 3.24. The Hall–Kier alpha value is -0.870. The molecule has 1 aliphatic heterocycles. The molecule has 0 aliphatic carbocycles. The third kappa shape index (κ3) is 1.67. The Morgan fingerprint density at radius 2 is 2.57 bits per heavy atom. The highest BCUT2D eigenvalue weighted by atomic mass is 32.1. The molecule has 1 unspecified atom stereocenters. The highest BCUT2D eigenvalue weighted by Gasteiger charge is 2.27. The van der Waals surface area contributed by atoms with Crippen LogP contribution in [0.5, 0.6) is 5.75 Å². The minimum atomic E-state index is 0.0301. The van der Waals surface area contributed by atoms with Crippen LogP contribution in [0.4, 0.5) is 0 Å². The Bertz CT molecular complexity index is 326. The van der Waals surface area contributed by atoms with Crippen LogP contribution in [-0.2, 0) is 4.74 Å². The lowest BCUT2D eigenvalue weighted by Gasteiger charge is -2.05. The molecule has 1 aromatic heterocycles. The van der Waals surface area contributed by atoms with E-state index in [1.807, 2.05) is 11.4 Å². The van der Waals surface area contributed by atoms with Crippen molar-refractivity contribution >= 4 is 17.1 Å². The fourth-order valence-corrected chi connectivity index (χ4v) is 2.44. The molecule has 1 aromatic rings. The highest BCUT2D eigenvalue weighted by Crippen LogP contribution is 2.29. The van der Waals surface area contributed by atoms with E-state index in [9.17, 15) is 4.79 Å². The number of ketones is 1. The van der Waals surface area contributed by atoms with Crippen LogP contribution in [0.2, 0.25) is 0 Å². The number of ether oxygens (including phenoxy) is 2. The second kappa shape index (κ2) is 4.11. The van der Waals surface area contributed by atoms with Gasteiger partial charge in [0.2, 0.25) is 0 Å². The molecule has 2 heterocycles. The normalized spacial score (nSPS) is 21.1. The summed E-state index contributed by atoms with van der Waals surface area (Å²) in [5, 5.41) is 1.88. The van der Waals surface area contributed by atoms with Crippen LogP contribution >= 0.6 is 11.3 Å². The molecule has 1 saturated heterocycles. The summed E-state index contributed by atoms with van der Waals surface area (Å²) < 4.78 is 10.3. The zero-order valence-electron chi connectivity index (χ0n) is 7.99. The average Bonchev–Trinajstić information content (AvgIpc) is 2.87. The standard InChI is InChI=1S/C10H12O3S/c1-12-8-3-5-14-10(8)9(11)7-2-4-13-6-7/h3,5,7H,2,4,6H2,1H3. The van der Waals surface area contributed by atoms with Crippen molar-refractivity contribution in [3.05, 3.63) is 16.3 Å². The van der Waals surface area contributed by atoms with Crippen LogP contribution in [0.3, 0.4) is 0 Å². The average molecular weight is 212 g/mol. The van der Waals surface area contributed by atoms with E-state index in [2.05, 4.69) is 0 Å². The summed E-state index contributed by atoms with van der Waals surface area (Å²) in [4.78, 5) is 12.7. The fourth-order valence-electron chi connectivity index (χ4n) is 1.56. The molecule has 0 radical (unpaired) electrons. The minimum absolute atomic E-state index is 0.0301. The maximum absolute atomic E-state index is 11.9. The van der Waals surface area contributed by atoms with Crippen molar-refractivity contribution in [3.8, 4) is 5.75 Å². The zero-order valence-corrected chi connectivity index (χ0v) is 8.80. The van der Waals surface area contributed by atoms with Gasteiger partial charge in [-0.1, -0.05) is 0 Å². The number of methoxy groups -OCH3 is 1. The van der Waals surface area contributed by atoms with Crippen LogP contribution < -0.4 is 4.74 Å². The molecule has 2 rings (SSSR count).